The summed E-state index contributed by atoms with van der Waals surface area (Å²) in [4.78, 5) is 12.1. The summed E-state index contributed by atoms with van der Waals surface area (Å²) in [6.45, 7) is 8.38. The maximum Gasteiger partial charge on any atom is 0.462 e. The summed E-state index contributed by atoms with van der Waals surface area (Å²) in [6.07, 6.45) is 3.55. The van der Waals surface area contributed by atoms with Gasteiger partial charge < -0.3 is 9.31 Å². The highest BCUT2D eigenvalue weighted by atomic mass is 35.5. The van der Waals surface area contributed by atoms with E-state index in [2.05, 4.69) is 39.8 Å². The summed E-state index contributed by atoms with van der Waals surface area (Å²) in [6, 6.07) is 8.01. The predicted molar refractivity (Wildman–Crippen MR) is 99.9 cm³/mol. The number of carbonyl (C=O) groups is 1. The van der Waals surface area contributed by atoms with E-state index in [1.807, 2.05) is 12.1 Å². The van der Waals surface area contributed by atoms with Crippen LogP contribution in [0.4, 0.5) is 0 Å². The number of benzene rings is 1. The van der Waals surface area contributed by atoms with Crippen LogP contribution in [0.3, 0.4) is 0 Å². The van der Waals surface area contributed by atoms with Crippen LogP contribution in [0, 0.1) is 5.92 Å². The summed E-state index contributed by atoms with van der Waals surface area (Å²) < 4.78 is 12.9. The summed E-state index contributed by atoms with van der Waals surface area (Å²) in [5.41, 5.74) is 0.326. The van der Waals surface area contributed by atoms with Crippen molar-refractivity contribution in [2.45, 2.75) is 75.8 Å². The second-order valence-electron chi connectivity index (χ2n) is 9.04. The van der Waals surface area contributed by atoms with Crippen molar-refractivity contribution < 1.29 is 14.1 Å². The Kier molecular flexibility index (Phi) is 3.92. The zero-order chi connectivity index (χ0) is 18.0. The molecular weight excluding hydrogens is 334 g/mol. The SMILES string of the molecule is CC1(C)OB(C(C2CC2)C2(c3ccc(Cl)cc3)CC(=O)C2)OC1(C)C. The second kappa shape index (κ2) is 5.58. The molecule has 2 aliphatic carbocycles. The molecule has 3 fully saturated rings. The lowest BCUT2D eigenvalue weighted by Gasteiger charge is -2.48. The lowest BCUT2D eigenvalue weighted by Crippen LogP contribution is -2.51. The molecule has 1 aromatic rings. The smallest absolute Gasteiger partial charge is 0.403 e. The Morgan fingerprint density at radius 3 is 2.00 bits per heavy atom. The van der Waals surface area contributed by atoms with E-state index in [1.165, 1.54) is 18.4 Å². The molecule has 0 bridgehead atoms. The molecule has 5 heteroatoms. The molecule has 0 N–H and O–H groups in total. The van der Waals surface area contributed by atoms with Crippen LogP contribution in [-0.4, -0.2) is 24.1 Å². The second-order valence-corrected chi connectivity index (χ2v) is 9.48. The molecule has 3 aliphatic rings. The van der Waals surface area contributed by atoms with E-state index in [4.69, 9.17) is 20.9 Å². The highest BCUT2D eigenvalue weighted by molar-refractivity contribution is 6.48. The standard InChI is InChI=1S/C20H26BClO3/c1-18(2)19(3,4)25-21(24-18)17(13-5-6-13)20(11-16(23)12-20)14-7-9-15(22)10-8-14/h7-10,13,17H,5-6,11-12H2,1-4H3. The van der Waals surface area contributed by atoms with Gasteiger partial charge in [-0.05, 0) is 51.3 Å². The Morgan fingerprint density at radius 2 is 1.56 bits per heavy atom. The van der Waals surface area contributed by atoms with Crippen molar-refractivity contribution in [2.75, 3.05) is 0 Å². The van der Waals surface area contributed by atoms with Gasteiger partial charge in [0.25, 0.3) is 0 Å². The van der Waals surface area contributed by atoms with Crippen molar-refractivity contribution in [2.24, 2.45) is 5.92 Å². The van der Waals surface area contributed by atoms with Crippen molar-refractivity contribution in [3.05, 3.63) is 34.9 Å². The van der Waals surface area contributed by atoms with Crippen molar-refractivity contribution >= 4 is 24.5 Å². The Morgan fingerprint density at radius 1 is 1.04 bits per heavy atom. The number of rotatable bonds is 4. The normalized spacial score (nSPS) is 27.9. The molecular formula is C20H26BClO3. The molecule has 1 aliphatic heterocycles. The Hall–Kier alpha value is -0.835. The minimum Gasteiger partial charge on any atom is -0.403 e. The number of Topliss-reactive ketones (excluding diaryl/α,β-unsaturated/α-hetero) is 1. The highest BCUT2D eigenvalue weighted by Gasteiger charge is 2.64. The van der Waals surface area contributed by atoms with Gasteiger partial charge in [0.15, 0.2) is 0 Å². The average molecular weight is 361 g/mol. The van der Waals surface area contributed by atoms with Gasteiger partial charge in [-0.15, -0.1) is 0 Å². The van der Waals surface area contributed by atoms with E-state index >= 15 is 0 Å². The van der Waals surface area contributed by atoms with Gasteiger partial charge in [-0.3, -0.25) is 4.79 Å². The minimum atomic E-state index is -0.347. The molecule has 1 atom stereocenters. The van der Waals surface area contributed by atoms with Crippen LogP contribution in [-0.2, 0) is 19.5 Å². The first kappa shape index (κ1) is 17.6. The van der Waals surface area contributed by atoms with E-state index in [0.29, 0.717) is 24.5 Å². The molecule has 3 nitrogen and oxygen atoms in total. The lowest BCUT2D eigenvalue weighted by atomic mass is 9.45. The topological polar surface area (TPSA) is 35.5 Å². The molecule has 1 aromatic carbocycles. The molecule has 0 spiro atoms. The molecule has 1 saturated heterocycles. The quantitative estimate of drug-likeness (QED) is 0.723. The molecule has 2 saturated carbocycles. The van der Waals surface area contributed by atoms with Gasteiger partial charge in [0.1, 0.15) is 5.78 Å². The Labute approximate surface area is 155 Å². The van der Waals surface area contributed by atoms with Crippen molar-refractivity contribution in [3.63, 3.8) is 0 Å². The van der Waals surface area contributed by atoms with Crippen molar-refractivity contribution in [3.8, 4) is 0 Å². The Balaban J connectivity index is 1.72. The molecule has 0 radical (unpaired) electrons. The first-order chi connectivity index (χ1) is 11.6. The fourth-order valence-corrected chi connectivity index (χ4v) is 4.62. The third-order valence-corrected chi connectivity index (χ3v) is 7.03. The van der Waals surface area contributed by atoms with Gasteiger partial charge in [-0.2, -0.15) is 0 Å². The summed E-state index contributed by atoms with van der Waals surface area (Å²) in [7, 11) is -0.263. The molecule has 0 aromatic heterocycles. The van der Waals surface area contributed by atoms with Crippen LogP contribution in [0.5, 0.6) is 0 Å². The lowest BCUT2D eigenvalue weighted by molar-refractivity contribution is -0.129. The van der Waals surface area contributed by atoms with Crippen molar-refractivity contribution in [1.29, 1.82) is 0 Å². The van der Waals surface area contributed by atoms with E-state index in [-0.39, 0.29) is 29.6 Å². The van der Waals surface area contributed by atoms with Gasteiger partial charge in [-0.25, -0.2) is 0 Å². The van der Waals surface area contributed by atoms with Crippen LogP contribution in [0.1, 0.15) is 58.9 Å². The fraction of sp³-hybridized carbons (Fsp3) is 0.650. The van der Waals surface area contributed by atoms with Gasteiger partial charge >= 0.3 is 7.12 Å². The molecule has 25 heavy (non-hydrogen) atoms. The number of hydrogen-bond acceptors (Lipinski definition) is 3. The predicted octanol–water partition coefficient (Wildman–Crippen LogP) is 4.81. The number of hydrogen-bond donors (Lipinski definition) is 0. The number of halogens is 1. The summed E-state index contributed by atoms with van der Waals surface area (Å²) in [5.74, 6) is 1.11. The van der Waals surface area contributed by atoms with E-state index < -0.39 is 0 Å². The highest BCUT2D eigenvalue weighted by Crippen LogP contribution is 2.62. The first-order valence-corrected chi connectivity index (χ1v) is 9.66. The van der Waals surface area contributed by atoms with Gasteiger partial charge in [0, 0.05) is 29.1 Å². The molecule has 1 heterocycles. The number of carbonyl (C=O) groups excluding carboxylic acids is 1. The third kappa shape index (κ3) is 2.77. The number of ketones is 1. The van der Waals surface area contributed by atoms with Crippen LogP contribution < -0.4 is 0 Å². The van der Waals surface area contributed by atoms with Gasteiger partial charge in [0.05, 0.1) is 11.2 Å². The van der Waals surface area contributed by atoms with Gasteiger partial charge in [-0.1, -0.05) is 36.6 Å². The third-order valence-electron chi connectivity index (χ3n) is 6.78. The first-order valence-electron chi connectivity index (χ1n) is 9.28. The summed E-state index contributed by atoms with van der Waals surface area (Å²) in [5, 5.41) is 0.725. The zero-order valence-corrected chi connectivity index (χ0v) is 16.2. The van der Waals surface area contributed by atoms with Gasteiger partial charge in [0.2, 0.25) is 0 Å². The summed E-state index contributed by atoms with van der Waals surface area (Å²) >= 11 is 6.09. The zero-order valence-electron chi connectivity index (χ0n) is 15.5. The van der Waals surface area contributed by atoms with E-state index in [9.17, 15) is 4.79 Å². The average Bonchev–Trinajstić information content (AvgIpc) is 3.26. The molecule has 4 rings (SSSR count). The van der Waals surface area contributed by atoms with Crippen molar-refractivity contribution in [1.82, 2.24) is 0 Å². The minimum absolute atomic E-state index is 0.177. The Bertz CT molecular complexity index is 669. The maximum absolute atomic E-state index is 12.1. The molecule has 134 valence electrons. The maximum atomic E-state index is 12.1. The molecule has 1 unspecified atom stereocenters. The van der Waals surface area contributed by atoms with Crippen LogP contribution >= 0.6 is 11.6 Å². The largest absolute Gasteiger partial charge is 0.462 e. The van der Waals surface area contributed by atoms with E-state index in [0.717, 1.165) is 5.02 Å². The van der Waals surface area contributed by atoms with Crippen LogP contribution in [0.15, 0.2) is 24.3 Å². The van der Waals surface area contributed by atoms with Crippen LogP contribution in [0.25, 0.3) is 0 Å². The molecule has 0 amide bonds. The van der Waals surface area contributed by atoms with Crippen LogP contribution in [0.2, 0.25) is 10.8 Å². The van der Waals surface area contributed by atoms with E-state index in [1.54, 1.807) is 0 Å². The monoisotopic (exact) mass is 360 g/mol. The fourth-order valence-electron chi connectivity index (χ4n) is 4.49.